The highest BCUT2D eigenvalue weighted by molar-refractivity contribution is 5.59. The summed E-state index contributed by atoms with van der Waals surface area (Å²) in [5, 5.41) is 9.88. The maximum absolute atomic E-state index is 13.7. The summed E-state index contributed by atoms with van der Waals surface area (Å²) < 4.78 is 24.1. The van der Waals surface area contributed by atoms with Gasteiger partial charge in [0, 0.05) is 23.9 Å². The van der Waals surface area contributed by atoms with Crippen LogP contribution in [0.2, 0.25) is 0 Å². The number of allylic oxidation sites excluding steroid dienone is 1. The van der Waals surface area contributed by atoms with E-state index in [-0.39, 0.29) is 23.1 Å². The van der Waals surface area contributed by atoms with Crippen LogP contribution in [0.25, 0.3) is 0 Å². The highest BCUT2D eigenvalue weighted by atomic mass is 16.5. The van der Waals surface area contributed by atoms with Crippen molar-refractivity contribution in [3.8, 4) is 23.3 Å². The van der Waals surface area contributed by atoms with Crippen LogP contribution >= 0.6 is 0 Å². The van der Waals surface area contributed by atoms with Gasteiger partial charge in [0.15, 0.2) is 0 Å². The van der Waals surface area contributed by atoms with Crippen molar-refractivity contribution in [2.45, 2.75) is 38.3 Å². The van der Waals surface area contributed by atoms with E-state index in [0.29, 0.717) is 41.5 Å². The van der Waals surface area contributed by atoms with Gasteiger partial charge in [-0.3, -0.25) is 4.79 Å². The molecule has 162 valence electrons. The third kappa shape index (κ3) is 3.62. The molecule has 8 nitrogen and oxygen atoms in total. The van der Waals surface area contributed by atoms with E-state index in [1.807, 2.05) is 6.92 Å². The van der Waals surface area contributed by atoms with Crippen LogP contribution in [0.3, 0.4) is 0 Å². The number of nitriles is 1. The van der Waals surface area contributed by atoms with Gasteiger partial charge in [-0.05, 0) is 38.0 Å². The number of rotatable bonds is 5. The van der Waals surface area contributed by atoms with Gasteiger partial charge in [-0.2, -0.15) is 5.26 Å². The SMILES string of the molecule is COc1ccc(OC)c([C@H]2C(C#N)=C(N)Oc3cc(C)n(C[C@H]4CCCO4)c(=O)c32)c1. The topological polar surface area (TPSA) is 109 Å². The lowest BCUT2D eigenvalue weighted by molar-refractivity contribution is 0.0954. The second kappa shape index (κ2) is 8.36. The van der Waals surface area contributed by atoms with Crippen molar-refractivity contribution in [2.75, 3.05) is 20.8 Å². The molecule has 2 N–H and O–H groups in total. The van der Waals surface area contributed by atoms with Crippen LogP contribution < -0.4 is 25.5 Å². The van der Waals surface area contributed by atoms with E-state index in [9.17, 15) is 10.1 Å². The van der Waals surface area contributed by atoms with Crippen LogP contribution in [-0.2, 0) is 11.3 Å². The van der Waals surface area contributed by atoms with Crippen LogP contribution in [0.4, 0.5) is 0 Å². The molecule has 1 saturated heterocycles. The first-order chi connectivity index (χ1) is 15.0. The number of pyridine rings is 1. The predicted molar refractivity (Wildman–Crippen MR) is 113 cm³/mol. The van der Waals surface area contributed by atoms with Gasteiger partial charge >= 0.3 is 0 Å². The lowest BCUT2D eigenvalue weighted by Gasteiger charge is -2.28. The molecule has 3 heterocycles. The number of nitrogens with two attached hydrogens (primary N) is 1. The van der Waals surface area contributed by atoms with Crippen molar-refractivity contribution in [2.24, 2.45) is 5.73 Å². The molecular formula is C23H25N3O5. The average Bonchev–Trinajstić information content (AvgIpc) is 3.28. The standard InChI is InChI=1S/C23H25N3O5/c1-13-9-19-21(23(27)26(13)12-15-5-4-8-30-15)20(17(11-24)22(25)31-19)16-10-14(28-2)6-7-18(16)29-3/h6-7,9-10,15,20H,4-5,8,12,25H2,1-3H3/t15-,20+/m1/s1. The monoisotopic (exact) mass is 423 g/mol. The first-order valence-corrected chi connectivity index (χ1v) is 10.1. The van der Waals surface area contributed by atoms with Crippen molar-refractivity contribution in [1.82, 2.24) is 4.57 Å². The van der Waals surface area contributed by atoms with Gasteiger partial charge in [-0.25, -0.2) is 0 Å². The predicted octanol–water partition coefficient (Wildman–Crippen LogP) is 2.57. The third-order valence-corrected chi connectivity index (χ3v) is 5.85. The Bertz CT molecular complexity index is 1140. The van der Waals surface area contributed by atoms with E-state index in [2.05, 4.69) is 6.07 Å². The van der Waals surface area contributed by atoms with Crippen molar-refractivity contribution >= 4 is 0 Å². The Morgan fingerprint density at radius 1 is 1.29 bits per heavy atom. The Kier molecular flexibility index (Phi) is 5.61. The number of nitrogens with zero attached hydrogens (tertiary/aromatic N) is 2. The normalized spacial score (nSPS) is 20.1. The number of hydrogen-bond acceptors (Lipinski definition) is 7. The molecule has 2 atom stereocenters. The summed E-state index contributed by atoms with van der Waals surface area (Å²) in [5.74, 6) is 0.664. The molecule has 8 heteroatoms. The smallest absolute Gasteiger partial charge is 0.258 e. The Balaban J connectivity index is 1.94. The molecule has 2 aromatic rings. The van der Waals surface area contributed by atoms with Crippen LogP contribution in [0.5, 0.6) is 17.2 Å². The van der Waals surface area contributed by atoms with Gasteiger partial charge in [0.2, 0.25) is 5.88 Å². The molecule has 1 aromatic heterocycles. The van der Waals surface area contributed by atoms with E-state index in [0.717, 1.165) is 18.5 Å². The van der Waals surface area contributed by atoms with Gasteiger partial charge in [0.25, 0.3) is 5.56 Å². The number of aromatic nitrogens is 1. The lowest BCUT2D eigenvalue weighted by atomic mass is 9.83. The molecule has 2 aliphatic rings. The molecule has 1 aromatic carbocycles. The molecule has 1 fully saturated rings. The first kappa shape index (κ1) is 20.8. The molecule has 0 amide bonds. The average molecular weight is 423 g/mol. The van der Waals surface area contributed by atoms with E-state index in [4.69, 9.17) is 24.7 Å². The first-order valence-electron chi connectivity index (χ1n) is 10.1. The highest BCUT2D eigenvalue weighted by Gasteiger charge is 2.36. The second-order valence-corrected chi connectivity index (χ2v) is 7.65. The van der Waals surface area contributed by atoms with Crippen LogP contribution in [0, 0.1) is 18.3 Å². The number of aryl methyl sites for hydroxylation is 1. The molecule has 31 heavy (non-hydrogen) atoms. The molecule has 0 aliphatic carbocycles. The van der Waals surface area contributed by atoms with Gasteiger partial charge in [-0.1, -0.05) is 0 Å². The highest BCUT2D eigenvalue weighted by Crippen LogP contribution is 2.44. The molecule has 4 rings (SSSR count). The molecule has 0 radical (unpaired) electrons. The van der Waals surface area contributed by atoms with Gasteiger partial charge < -0.3 is 29.2 Å². The van der Waals surface area contributed by atoms with Crippen LogP contribution in [0.1, 0.15) is 35.6 Å². The third-order valence-electron chi connectivity index (χ3n) is 5.85. The minimum absolute atomic E-state index is 0.0141. The van der Waals surface area contributed by atoms with Gasteiger partial charge in [-0.15, -0.1) is 0 Å². The zero-order valence-electron chi connectivity index (χ0n) is 17.8. The van der Waals surface area contributed by atoms with E-state index in [1.165, 1.54) is 7.11 Å². The largest absolute Gasteiger partial charge is 0.497 e. The van der Waals surface area contributed by atoms with Crippen molar-refractivity contribution < 1.29 is 18.9 Å². The maximum Gasteiger partial charge on any atom is 0.258 e. The summed E-state index contributed by atoms with van der Waals surface area (Å²) in [6.45, 7) is 3.00. The lowest BCUT2D eigenvalue weighted by Crippen LogP contribution is -2.35. The fourth-order valence-corrected chi connectivity index (χ4v) is 4.28. The molecule has 0 unspecified atom stereocenters. The summed E-state index contributed by atoms with van der Waals surface area (Å²) in [5.41, 5.74) is 7.71. The summed E-state index contributed by atoms with van der Waals surface area (Å²) in [6, 6.07) is 9.17. The summed E-state index contributed by atoms with van der Waals surface area (Å²) in [6.07, 6.45) is 1.87. The van der Waals surface area contributed by atoms with E-state index < -0.39 is 5.92 Å². The number of ether oxygens (including phenoxy) is 4. The number of hydrogen-bond donors (Lipinski definition) is 1. The maximum atomic E-state index is 13.7. The van der Waals surface area contributed by atoms with E-state index >= 15 is 0 Å². The summed E-state index contributed by atoms with van der Waals surface area (Å²) >= 11 is 0. The molecule has 0 saturated carbocycles. The summed E-state index contributed by atoms with van der Waals surface area (Å²) in [7, 11) is 3.09. The van der Waals surface area contributed by atoms with Crippen molar-refractivity contribution in [3.05, 3.63) is 62.9 Å². The molecular weight excluding hydrogens is 398 g/mol. The Morgan fingerprint density at radius 2 is 2.10 bits per heavy atom. The minimum atomic E-state index is -0.748. The quantitative estimate of drug-likeness (QED) is 0.787. The zero-order chi connectivity index (χ0) is 22.1. The Morgan fingerprint density at radius 3 is 2.74 bits per heavy atom. The van der Waals surface area contributed by atoms with Gasteiger partial charge in [0.05, 0.1) is 38.3 Å². The van der Waals surface area contributed by atoms with E-state index in [1.54, 1.807) is 35.9 Å². The van der Waals surface area contributed by atoms with Crippen molar-refractivity contribution in [1.29, 1.82) is 5.26 Å². The molecule has 0 bridgehead atoms. The van der Waals surface area contributed by atoms with Crippen LogP contribution in [-0.4, -0.2) is 31.5 Å². The minimum Gasteiger partial charge on any atom is -0.497 e. The second-order valence-electron chi connectivity index (χ2n) is 7.65. The molecule has 0 spiro atoms. The van der Waals surface area contributed by atoms with Gasteiger partial charge in [0.1, 0.15) is 28.9 Å². The van der Waals surface area contributed by atoms with Crippen LogP contribution in [0.15, 0.2) is 40.5 Å². The zero-order valence-corrected chi connectivity index (χ0v) is 17.8. The summed E-state index contributed by atoms with van der Waals surface area (Å²) in [4.78, 5) is 13.7. The number of fused-ring (bicyclic) bond motifs is 1. The van der Waals surface area contributed by atoms with Crippen molar-refractivity contribution in [3.63, 3.8) is 0 Å². The Hall–Kier alpha value is -3.44. The fraction of sp³-hybridized carbons (Fsp3) is 0.391. The fourth-order valence-electron chi connectivity index (χ4n) is 4.28. The number of benzene rings is 1. The molecule has 2 aliphatic heterocycles. The Labute approximate surface area is 180 Å². The number of methoxy groups -OCH3 is 2.